The highest BCUT2D eigenvalue weighted by atomic mass is 35.5. The van der Waals surface area contributed by atoms with E-state index in [0.717, 1.165) is 25.9 Å². The lowest BCUT2D eigenvalue weighted by atomic mass is 9.94. The third kappa shape index (κ3) is 5.74. The lowest BCUT2D eigenvalue weighted by Crippen LogP contribution is -2.50. The molecule has 1 N–H and O–H groups in total. The fraction of sp³-hybridized carbons (Fsp3) is 0.619. The predicted octanol–water partition coefficient (Wildman–Crippen LogP) is 2.65. The zero-order chi connectivity index (χ0) is 21.7. The highest BCUT2D eigenvalue weighted by molar-refractivity contribution is 7.89. The fourth-order valence-electron chi connectivity index (χ4n) is 4.13. The zero-order valence-corrected chi connectivity index (χ0v) is 18.9. The van der Waals surface area contributed by atoms with E-state index in [4.69, 9.17) is 11.6 Å². The van der Waals surface area contributed by atoms with Gasteiger partial charge in [0.1, 0.15) is 0 Å². The Bertz CT molecular complexity index is 844. The van der Waals surface area contributed by atoms with Gasteiger partial charge in [-0.15, -0.1) is 0 Å². The second-order valence-electron chi connectivity index (χ2n) is 8.14. The summed E-state index contributed by atoms with van der Waals surface area (Å²) in [4.78, 5) is 29.3. The molecule has 7 nitrogen and oxygen atoms in total. The Morgan fingerprint density at radius 3 is 2.10 bits per heavy atom. The molecule has 3 rings (SSSR count). The van der Waals surface area contributed by atoms with E-state index in [2.05, 4.69) is 4.72 Å². The topological polar surface area (TPSA) is 86.8 Å². The average Bonchev–Trinajstić information content (AvgIpc) is 3.02. The van der Waals surface area contributed by atoms with Crippen LogP contribution in [0.1, 0.15) is 45.4 Å². The van der Waals surface area contributed by atoms with Gasteiger partial charge in [-0.2, -0.15) is 4.72 Å². The minimum Gasteiger partial charge on any atom is -0.342 e. The number of nitrogens with zero attached hydrogens (tertiary/aromatic N) is 2. The predicted molar refractivity (Wildman–Crippen MR) is 116 cm³/mol. The van der Waals surface area contributed by atoms with Crippen molar-refractivity contribution in [3.8, 4) is 0 Å². The van der Waals surface area contributed by atoms with Crippen molar-refractivity contribution in [1.82, 2.24) is 14.5 Å². The Hall–Kier alpha value is -1.64. The molecular formula is C21H30ClN3O4S. The van der Waals surface area contributed by atoms with Crippen LogP contribution in [0.15, 0.2) is 29.2 Å². The monoisotopic (exact) mass is 455 g/mol. The number of likely N-dealkylation sites (tertiary alicyclic amines) is 2. The van der Waals surface area contributed by atoms with Crippen molar-refractivity contribution >= 4 is 33.4 Å². The molecule has 0 saturated carbocycles. The van der Waals surface area contributed by atoms with Gasteiger partial charge < -0.3 is 9.80 Å². The molecule has 2 heterocycles. The Labute approximate surface area is 183 Å². The quantitative estimate of drug-likeness (QED) is 0.739. The van der Waals surface area contributed by atoms with Crippen LogP contribution in [0.25, 0.3) is 0 Å². The van der Waals surface area contributed by atoms with Crippen molar-refractivity contribution in [1.29, 1.82) is 0 Å². The first kappa shape index (κ1) is 23.0. The van der Waals surface area contributed by atoms with E-state index in [9.17, 15) is 18.0 Å². The number of hydrogen-bond acceptors (Lipinski definition) is 4. The maximum atomic E-state index is 12.8. The summed E-state index contributed by atoms with van der Waals surface area (Å²) in [5.74, 6) is -0.109. The Morgan fingerprint density at radius 2 is 1.53 bits per heavy atom. The minimum atomic E-state index is -3.82. The SMILES string of the molecule is C[C@H](NS(=O)(=O)c1ccc(Cl)cc1)C(=O)N1CCC(C(=O)N2CCCCCC2)CC1. The largest absolute Gasteiger partial charge is 0.342 e. The molecular weight excluding hydrogens is 426 g/mol. The molecule has 166 valence electrons. The van der Waals surface area contributed by atoms with Crippen LogP contribution in [0.2, 0.25) is 5.02 Å². The van der Waals surface area contributed by atoms with Gasteiger partial charge in [-0.1, -0.05) is 24.4 Å². The average molecular weight is 456 g/mol. The van der Waals surface area contributed by atoms with Crippen molar-refractivity contribution in [2.24, 2.45) is 5.92 Å². The maximum absolute atomic E-state index is 12.8. The van der Waals surface area contributed by atoms with Crippen molar-refractivity contribution in [2.45, 2.75) is 56.4 Å². The summed E-state index contributed by atoms with van der Waals surface area (Å²) in [5, 5.41) is 0.440. The molecule has 0 aliphatic carbocycles. The number of benzene rings is 1. The Kier molecular flexibility index (Phi) is 7.76. The second-order valence-corrected chi connectivity index (χ2v) is 10.3. The molecule has 2 aliphatic rings. The van der Waals surface area contributed by atoms with Crippen LogP contribution >= 0.6 is 11.6 Å². The molecule has 0 bridgehead atoms. The molecule has 9 heteroatoms. The van der Waals surface area contributed by atoms with Crippen molar-refractivity contribution < 1.29 is 18.0 Å². The molecule has 0 unspecified atom stereocenters. The highest BCUT2D eigenvalue weighted by Crippen LogP contribution is 2.22. The molecule has 0 aromatic heterocycles. The van der Waals surface area contributed by atoms with E-state index in [1.807, 2.05) is 4.90 Å². The summed E-state index contributed by atoms with van der Waals surface area (Å²) < 4.78 is 27.5. The summed E-state index contributed by atoms with van der Waals surface area (Å²) in [6.45, 7) is 4.15. The van der Waals surface area contributed by atoms with Gasteiger partial charge in [-0.05, 0) is 56.9 Å². The minimum absolute atomic E-state index is 0.0479. The van der Waals surface area contributed by atoms with Crippen molar-refractivity contribution in [2.75, 3.05) is 26.2 Å². The Morgan fingerprint density at radius 1 is 0.967 bits per heavy atom. The normalized spacial score (nSPS) is 19.9. The maximum Gasteiger partial charge on any atom is 0.241 e. The van der Waals surface area contributed by atoms with E-state index in [1.54, 1.807) is 11.8 Å². The van der Waals surface area contributed by atoms with Crippen LogP contribution in [0.5, 0.6) is 0 Å². The van der Waals surface area contributed by atoms with Gasteiger partial charge in [0.25, 0.3) is 0 Å². The molecule has 2 saturated heterocycles. The van der Waals surface area contributed by atoms with Gasteiger partial charge in [0.15, 0.2) is 0 Å². The number of carbonyl (C=O) groups is 2. The van der Waals surface area contributed by atoms with Gasteiger partial charge >= 0.3 is 0 Å². The van der Waals surface area contributed by atoms with E-state index in [0.29, 0.717) is 31.0 Å². The summed E-state index contributed by atoms with van der Waals surface area (Å²) >= 11 is 5.81. The third-order valence-corrected chi connectivity index (χ3v) is 7.71. The first-order chi connectivity index (χ1) is 14.3. The molecule has 30 heavy (non-hydrogen) atoms. The standard InChI is InChI=1S/C21H30ClN3O4S/c1-16(23-30(28,29)19-8-6-18(22)7-9-19)20(26)25-14-10-17(11-15-25)21(27)24-12-4-2-3-5-13-24/h6-9,16-17,23H,2-5,10-15H2,1H3/t16-/m0/s1. The molecule has 1 aromatic carbocycles. The summed E-state index contributed by atoms with van der Waals surface area (Å²) in [7, 11) is -3.82. The van der Waals surface area contributed by atoms with Gasteiger partial charge in [0.2, 0.25) is 21.8 Å². The number of halogens is 1. The number of sulfonamides is 1. The van der Waals surface area contributed by atoms with Gasteiger partial charge in [0, 0.05) is 37.1 Å². The number of amides is 2. The smallest absolute Gasteiger partial charge is 0.241 e. The van der Waals surface area contributed by atoms with Crippen molar-refractivity contribution in [3.63, 3.8) is 0 Å². The second kappa shape index (κ2) is 10.1. The lowest BCUT2D eigenvalue weighted by Gasteiger charge is -2.35. The zero-order valence-electron chi connectivity index (χ0n) is 17.3. The van der Waals surface area contributed by atoms with Crippen molar-refractivity contribution in [3.05, 3.63) is 29.3 Å². The van der Waals surface area contributed by atoms with E-state index in [-0.39, 0.29) is 22.6 Å². The first-order valence-electron chi connectivity index (χ1n) is 10.6. The van der Waals surface area contributed by atoms with E-state index in [1.165, 1.54) is 37.1 Å². The van der Waals surface area contributed by atoms with Crippen LogP contribution < -0.4 is 4.72 Å². The number of nitrogens with one attached hydrogen (secondary N) is 1. The van der Waals surface area contributed by atoms with E-state index >= 15 is 0 Å². The summed E-state index contributed by atoms with van der Waals surface area (Å²) in [6, 6.07) is 4.91. The number of rotatable bonds is 5. The third-order valence-electron chi connectivity index (χ3n) is 5.90. The van der Waals surface area contributed by atoms with Gasteiger partial charge in [-0.3, -0.25) is 9.59 Å². The number of hydrogen-bond donors (Lipinski definition) is 1. The van der Waals surface area contributed by atoms with Crippen LogP contribution in [0, 0.1) is 5.92 Å². The number of carbonyl (C=O) groups excluding carboxylic acids is 2. The fourth-order valence-corrected chi connectivity index (χ4v) is 5.46. The molecule has 2 fully saturated rings. The highest BCUT2D eigenvalue weighted by Gasteiger charge is 2.33. The number of piperidine rings is 1. The molecule has 2 aliphatic heterocycles. The summed E-state index contributed by atoms with van der Waals surface area (Å²) in [5.41, 5.74) is 0. The van der Waals surface area contributed by atoms with Crippen LogP contribution in [-0.2, 0) is 19.6 Å². The van der Waals surface area contributed by atoms with Gasteiger partial charge in [0.05, 0.1) is 10.9 Å². The van der Waals surface area contributed by atoms with Gasteiger partial charge in [-0.25, -0.2) is 8.42 Å². The lowest BCUT2D eigenvalue weighted by molar-refractivity contribution is -0.141. The Balaban J connectivity index is 1.52. The molecule has 1 atom stereocenters. The molecule has 2 amide bonds. The summed E-state index contributed by atoms with van der Waals surface area (Å²) in [6.07, 6.45) is 5.74. The van der Waals surface area contributed by atoms with Crippen LogP contribution in [0.3, 0.4) is 0 Å². The first-order valence-corrected chi connectivity index (χ1v) is 12.5. The van der Waals surface area contributed by atoms with Crippen LogP contribution in [-0.4, -0.2) is 62.3 Å². The molecule has 0 radical (unpaired) electrons. The van der Waals surface area contributed by atoms with Crippen LogP contribution in [0.4, 0.5) is 0 Å². The molecule has 0 spiro atoms. The molecule has 1 aromatic rings. The van der Waals surface area contributed by atoms with E-state index < -0.39 is 16.1 Å².